The van der Waals surface area contributed by atoms with Crippen molar-refractivity contribution in [2.45, 2.75) is 44.6 Å². The van der Waals surface area contributed by atoms with Gasteiger partial charge in [-0.05, 0) is 19.3 Å². The van der Waals surface area contributed by atoms with Gasteiger partial charge in [0.25, 0.3) is 0 Å². The van der Waals surface area contributed by atoms with E-state index in [-0.39, 0.29) is 13.0 Å². The topological polar surface area (TPSA) is 116 Å². The number of unbranched alkanes of at least 4 members (excludes halogenated alkanes) is 3. The summed E-state index contributed by atoms with van der Waals surface area (Å²) >= 11 is 0. The maximum absolute atomic E-state index is 11.3. The molecule has 0 heterocycles. The van der Waals surface area contributed by atoms with Crippen molar-refractivity contribution in [2.24, 2.45) is 0 Å². The van der Waals surface area contributed by atoms with E-state index in [1.54, 1.807) is 0 Å². The smallest absolute Gasteiger partial charge is 0.330 e. The molecule has 0 spiro atoms. The second-order valence-electron chi connectivity index (χ2n) is 5.35. The fraction of sp³-hybridized carbons (Fsp3) is 0.562. The Balaban J connectivity index is 4.05. The van der Waals surface area contributed by atoms with Crippen LogP contribution in [-0.2, 0) is 33.9 Å². The molecule has 1 amide bonds. The first-order valence-corrected chi connectivity index (χ1v) is 9.70. The standard InChI is InChI=1S/C16H25NO7S/c1-4-15(19)23-12-13(24-16(20)5-2)10-8-6-7-9-11-14(18)17-25(3,21)22/h4-5,13H,1-2,6-12H2,3H3,(H,17,18). The summed E-state index contributed by atoms with van der Waals surface area (Å²) in [6.45, 7) is 6.52. The number of sulfonamides is 1. The van der Waals surface area contributed by atoms with Crippen LogP contribution >= 0.6 is 0 Å². The van der Waals surface area contributed by atoms with Gasteiger partial charge in [0.05, 0.1) is 6.26 Å². The van der Waals surface area contributed by atoms with E-state index < -0.39 is 34.0 Å². The van der Waals surface area contributed by atoms with E-state index in [1.807, 2.05) is 4.72 Å². The molecule has 0 aromatic heterocycles. The molecule has 9 heteroatoms. The summed E-state index contributed by atoms with van der Waals surface area (Å²) in [6.07, 6.45) is 5.71. The lowest BCUT2D eigenvalue weighted by molar-refractivity contribution is -0.153. The van der Waals surface area contributed by atoms with Gasteiger partial charge < -0.3 is 9.47 Å². The third-order valence-corrected chi connectivity index (χ3v) is 3.61. The molecule has 1 N–H and O–H groups in total. The van der Waals surface area contributed by atoms with E-state index >= 15 is 0 Å². The predicted molar refractivity (Wildman–Crippen MR) is 91.9 cm³/mol. The summed E-state index contributed by atoms with van der Waals surface area (Å²) < 4.78 is 33.6. The lowest BCUT2D eigenvalue weighted by atomic mass is 10.1. The molecule has 0 bridgehead atoms. The van der Waals surface area contributed by atoms with Crippen LogP contribution in [0.25, 0.3) is 0 Å². The highest BCUT2D eigenvalue weighted by molar-refractivity contribution is 7.89. The third kappa shape index (κ3) is 13.9. The summed E-state index contributed by atoms with van der Waals surface area (Å²) in [7, 11) is -3.52. The highest BCUT2D eigenvalue weighted by atomic mass is 32.2. The van der Waals surface area contributed by atoms with Crippen molar-refractivity contribution in [1.82, 2.24) is 4.72 Å². The molecule has 0 aliphatic heterocycles. The lowest BCUT2D eigenvalue weighted by Crippen LogP contribution is -2.28. The third-order valence-electron chi connectivity index (χ3n) is 3.01. The quantitative estimate of drug-likeness (QED) is 0.292. The minimum atomic E-state index is -3.52. The van der Waals surface area contributed by atoms with Gasteiger partial charge in [0, 0.05) is 18.6 Å². The molecular weight excluding hydrogens is 350 g/mol. The van der Waals surface area contributed by atoms with Crippen LogP contribution in [0.15, 0.2) is 25.3 Å². The van der Waals surface area contributed by atoms with Crippen LogP contribution in [0.3, 0.4) is 0 Å². The van der Waals surface area contributed by atoms with Crippen LogP contribution < -0.4 is 4.72 Å². The van der Waals surface area contributed by atoms with Crippen molar-refractivity contribution in [3.05, 3.63) is 25.3 Å². The summed E-state index contributed by atoms with van der Waals surface area (Å²) in [5, 5.41) is 0. The monoisotopic (exact) mass is 375 g/mol. The van der Waals surface area contributed by atoms with Crippen LogP contribution in [0.5, 0.6) is 0 Å². The summed E-state index contributed by atoms with van der Waals surface area (Å²) in [6, 6.07) is 0. The maximum Gasteiger partial charge on any atom is 0.330 e. The highest BCUT2D eigenvalue weighted by Crippen LogP contribution is 2.11. The van der Waals surface area contributed by atoms with Crippen LogP contribution in [0, 0.1) is 0 Å². The molecule has 0 radical (unpaired) electrons. The van der Waals surface area contributed by atoms with Crippen LogP contribution in [0.1, 0.15) is 38.5 Å². The predicted octanol–water partition coefficient (Wildman–Crippen LogP) is 1.23. The molecule has 8 nitrogen and oxygen atoms in total. The fourth-order valence-electron chi connectivity index (χ4n) is 1.89. The summed E-state index contributed by atoms with van der Waals surface area (Å²) in [5.41, 5.74) is 0. The minimum Gasteiger partial charge on any atom is -0.459 e. The fourth-order valence-corrected chi connectivity index (χ4v) is 2.41. The molecule has 0 aliphatic rings. The first kappa shape index (κ1) is 22.8. The van der Waals surface area contributed by atoms with Gasteiger partial charge in [-0.25, -0.2) is 18.0 Å². The van der Waals surface area contributed by atoms with Gasteiger partial charge in [-0.2, -0.15) is 0 Å². The molecule has 1 unspecified atom stereocenters. The van der Waals surface area contributed by atoms with Crippen LogP contribution in [0.2, 0.25) is 0 Å². The molecule has 0 aliphatic carbocycles. The van der Waals surface area contributed by atoms with Crippen molar-refractivity contribution in [2.75, 3.05) is 12.9 Å². The van der Waals surface area contributed by atoms with Gasteiger partial charge in [-0.1, -0.05) is 26.0 Å². The number of amides is 1. The second kappa shape index (κ2) is 12.2. The average molecular weight is 375 g/mol. The number of esters is 2. The molecule has 1 atom stereocenters. The highest BCUT2D eigenvalue weighted by Gasteiger charge is 2.15. The minimum absolute atomic E-state index is 0.0683. The van der Waals surface area contributed by atoms with Gasteiger partial charge in [0.2, 0.25) is 15.9 Å². The number of hydrogen-bond acceptors (Lipinski definition) is 7. The molecule has 0 fully saturated rings. The van der Waals surface area contributed by atoms with Gasteiger partial charge in [0.1, 0.15) is 12.7 Å². The zero-order valence-electron chi connectivity index (χ0n) is 14.4. The molecule has 0 rings (SSSR count). The van der Waals surface area contributed by atoms with Gasteiger partial charge in [-0.3, -0.25) is 9.52 Å². The van der Waals surface area contributed by atoms with Crippen molar-refractivity contribution < 1.29 is 32.3 Å². The molecule has 0 saturated carbocycles. The van der Waals surface area contributed by atoms with Gasteiger partial charge in [0.15, 0.2) is 0 Å². The zero-order valence-corrected chi connectivity index (χ0v) is 15.2. The van der Waals surface area contributed by atoms with Gasteiger partial charge >= 0.3 is 11.9 Å². The van der Waals surface area contributed by atoms with Crippen molar-refractivity contribution in [3.8, 4) is 0 Å². The SMILES string of the molecule is C=CC(=O)OCC(CCCCCCC(=O)NS(C)(=O)=O)OC(=O)C=C. The maximum atomic E-state index is 11.3. The Morgan fingerprint density at radius 1 is 1.04 bits per heavy atom. The lowest BCUT2D eigenvalue weighted by Gasteiger charge is -2.16. The molecular formula is C16H25NO7S. The zero-order chi connectivity index (χ0) is 19.3. The molecule has 0 aromatic rings. The first-order valence-electron chi connectivity index (χ1n) is 7.80. The van der Waals surface area contributed by atoms with Crippen LogP contribution in [0.4, 0.5) is 0 Å². The number of ether oxygens (including phenoxy) is 2. The number of nitrogens with one attached hydrogen (secondary N) is 1. The molecule has 0 saturated heterocycles. The number of hydrogen-bond donors (Lipinski definition) is 1. The van der Waals surface area contributed by atoms with E-state index in [2.05, 4.69) is 13.2 Å². The Morgan fingerprint density at radius 2 is 1.64 bits per heavy atom. The Labute approximate surface area is 148 Å². The Bertz CT molecular complexity index is 583. The Kier molecular flexibility index (Phi) is 11.2. The van der Waals surface area contributed by atoms with E-state index in [9.17, 15) is 22.8 Å². The summed E-state index contributed by atoms with van der Waals surface area (Å²) in [5.74, 6) is -1.73. The molecule has 0 aromatic carbocycles. The van der Waals surface area contributed by atoms with E-state index in [0.29, 0.717) is 25.7 Å². The second-order valence-corrected chi connectivity index (χ2v) is 7.10. The van der Waals surface area contributed by atoms with Gasteiger partial charge in [-0.15, -0.1) is 0 Å². The van der Waals surface area contributed by atoms with Crippen LogP contribution in [-0.4, -0.2) is 45.2 Å². The number of rotatable bonds is 13. The number of carbonyl (C=O) groups excluding carboxylic acids is 3. The van der Waals surface area contributed by atoms with Crippen molar-refractivity contribution in [3.63, 3.8) is 0 Å². The van der Waals surface area contributed by atoms with Crippen molar-refractivity contribution in [1.29, 1.82) is 0 Å². The number of carbonyl (C=O) groups is 3. The Hall–Kier alpha value is -2.16. The van der Waals surface area contributed by atoms with Crippen molar-refractivity contribution >= 4 is 27.9 Å². The Morgan fingerprint density at radius 3 is 2.20 bits per heavy atom. The van der Waals surface area contributed by atoms with E-state index in [0.717, 1.165) is 24.8 Å². The molecule has 25 heavy (non-hydrogen) atoms. The normalized spacial score (nSPS) is 11.9. The summed E-state index contributed by atoms with van der Waals surface area (Å²) in [4.78, 5) is 33.7. The molecule has 142 valence electrons. The van der Waals surface area contributed by atoms with E-state index in [1.165, 1.54) is 0 Å². The average Bonchev–Trinajstić information content (AvgIpc) is 2.53. The van der Waals surface area contributed by atoms with E-state index in [4.69, 9.17) is 9.47 Å². The first-order chi connectivity index (χ1) is 11.7. The largest absolute Gasteiger partial charge is 0.459 e.